The van der Waals surface area contributed by atoms with Crippen molar-refractivity contribution < 1.29 is 14.8 Å². The van der Waals surface area contributed by atoms with Gasteiger partial charge in [-0.2, -0.15) is 0 Å². The van der Waals surface area contributed by atoms with Crippen molar-refractivity contribution in [2.24, 2.45) is 0 Å². The Balaban J connectivity index is 2.45. The zero-order chi connectivity index (χ0) is 14.2. The number of nitro benzene ring substituents is 1. The van der Waals surface area contributed by atoms with Gasteiger partial charge in [0, 0.05) is 18.7 Å². The van der Waals surface area contributed by atoms with Gasteiger partial charge < -0.3 is 5.11 Å². The molecule has 8 heteroatoms. The first-order chi connectivity index (χ1) is 8.91. The molecular weight excluding hydrogens is 288 g/mol. The zero-order valence-corrected chi connectivity index (χ0v) is 11.3. The summed E-state index contributed by atoms with van der Waals surface area (Å²) in [6, 6.07) is 4.12. The largest absolute Gasteiger partial charge is 0.502 e. The van der Waals surface area contributed by atoms with Crippen LogP contribution in [0.25, 0.3) is 6.08 Å². The van der Waals surface area contributed by atoms with Crippen LogP contribution in [-0.2, 0) is 4.79 Å². The summed E-state index contributed by atoms with van der Waals surface area (Å²) in [5.41, 5.74) is -0.191. The summed E-state index contributed by atoms with van der Waals surface area (Å²) < 4.78 is 0.404. The lowest BCUT2D eigenvalue weighted by Gasteiger charge is -2.03. The normalized spacial score (nSPS) is 17.3. The lowest BCUT2D eigenvalue weighted by Crippen LogP contribution is -2.22. The number of carbonyl (C=O) groups is 1. The molecule has 0 radical (unpaired) electrons. The Bertz CT molecular complexity index is 627. The second kappa shape index (κ2) is 4.98. The van der Waals surface area contributed by atoms with E-state index in [4.69, 9.17) is 12.2 Å². The molecule has 0 unspecified atom stereocenters. The van der Waals surface area contributed by atoms with Crippen molar-refractivity contribution in [3.8, 4) is 5.75 Å². The monoisotopic (exact) mass is 296 g/mol. The maximum absolute atomic E-state index is 11.8. The minimum atomic E-state index is -0.683. The Hall–Kier alpha value is -1.93. The summed E-state index contributed by atoms with van der Waals surface area (Å²) >= 11 is 6.06. The molecule has 0 aromatic heterocycles. The molecule has 1 saturated heterocycles. The Morgan fingerprint density at radius 1 is 1.53 bits per heavy atom. The maximum atomic E-state index is 11.8. The van der Waals surface area contributed by atoms with Crippen molar-refractivity contribution in [3.63, 3.8) is 0 Å². The van der Waals surface area contributed by atoms with Gasteiger partial charge in [-0.1, -0.05) is 36.1 Å². The number of thiocarbonyl (C=S) groups is 1. The SMILES string of the molecule is CN1C(=O)/C(=C/c2cccc([N+](=O)[O-])c2O)SC1=S. The number of thioether (sulfide) groups is 1. The third kappa shape index (κ3) is 2.45. The second-order valence-electron chi connectivity index (χ2n) is 3.71. The van der Waals surface area contributed by atoms with Crippen molar-refractivity contribution in [1.82, 2.24) is 4.90 Å². The highest BCUT2D eigenvalue weighted by Gasteiger charge is 2.29. The number of phenolic OH excluding ortho intramolecular Hbond substituents is 1. The number of rotatable bonds is 2. The number of nitro groups is 1. The lowest BCUT2D eigenvalue weighted by molar-refractivity contribution is -0.385. The summed E-state index contributed by atoms with van der Waals surface area (Å²) in [6.45, 7) is 0. The van der Waals surface area contributed by atoms with Crippen LogP contribution in [0.1, 0.15) is 5.56 Å². The van der Waals surface area contributed by atoms with E-state index in [0.29, 0.717) is 9.23 Å². The highest BCUT2D eigenvalue weighted by Crippen LogP contribution is 2.35. The average molecular weight is 296 g/mol. The molecule has 0 atom stereocenters. The van der Waals surface area contributed by atoms with Crippen molar-refractivity contribution >= 4 is 46.0 Å². The fraction of sp³-hybridized carbons (Fsp3) is 0.0909. The smallest absolute Gasteiger partial charge is 0.311 e. The molecule has 1 heterocycles. The average Bonchev–Trinajstić information content (AvgIpc) is 2.59. The predicted octanol–water partition coefficient (Wildman–Crippen LogP) is 2.13. The topological polar surface area (TPSA) is 83.7 Å². The molecular formula is C11H8N2O4S2. The maximum Gasteiger partial charge on any atom is 0.311 e. The van der Waals surface area contributed by atoms with Crippen molar-refractivity contribution in [2.75, 3.05) is 7.05 Å². The van der Waals surface area contributed by atoms with E-state index in [-0.39, 0.29) is 11.5 Å². The van der Waals surface area contributed by atoms with Crippen LogP contribution < -0.4 is 0 Å². The van der Waals surface area contributed by atoms with Gasteiger partial charge in [0.05, 0.1) is 9.83 Å². The summed E-state index contributed by atoms with van der Waals surface area (Å²) in [5, 5.41) is 20.5. The fourth-order valence-corrected chi connectivity index (χ4v) is 2.67. The van der Waals surface area contributed by atoms with Crippen LogP contribution in [0, 0.1) is 10.1 Å². The standard InChI is InChI=1S/C11H8N2O4S2/c1-12-10(15)8(19-11(12)18)5-6-3-2-4-7(9(6)14)13(16)17/h2-5,14H,1H3/b8-5-. The molecule has 1 aliphatic rings. The summed E-state index contributed by atoms with van der Waals surface area (Å²) in [7, 11) is 1.55. The van der Waals surface area contributed by atoms with Crippen LogP contribution in [-0.4, -0.2) is 32.2 Å². The molecule has 1 fully saturated rings. The molecule has 1 N–H and O–H groups in total. The molecule has 1 aliphatic heterocycles. The number of phenols is 1. The highest BCUT2D eigenvalue weighted by atomic mass is 32.2. The van der Waals surface area contributed by atoms with E-state index in [2.05, 4.69) is 0 Å². The van der Waals surface area contributed by atoms with Gasteiger partial charge in [-0.05, 0) is 6.08 Å². The van der Waals surface area contributed by atoms with E-state index in [1.54, 1.807) is 7.05 Å². The summed E-state index contributed by atoms with van der Waals surface area (Å²) in [6.07, 6.45) is 1.39. The molecule has 1 aromatic carbocycles. The van der Waals surface area contributed by atoms with Crippen LogP contribution in [0.4, 0.5) is 5.69 Å². The van der Waals surface area contributed by atoms with Crippen molar-refractivity contribution in [3.05, 3.63) is 38.8 Å². The Morgan fingerprint density at radius 2 is 2.21 bits per heavy atom. The van der Waals surface area contributed by atoms with Crippen LogP contribution in [0.15, 0.2) is 23.1 Å². The van der Waals surface area contributed by atoms with Gasteiger partial charge in [0.1, 0.15) is 4.32 Å². The number of amides is 1. The number of para-hydroxylation sites is 1. The Morgan fingerprint density at radius 3 is 2.74 bits per heavy atom. The molecule has 19 heavy (non-hydrogen) atoms. The number of carbonyl (C=O) groups excluding carboxylic acids is 1. The Labute approximate surface area is 117 Å². The van der Waals surface area contributed by atoms with E-state index in [1.807, 2.05) is 0 Å². The van der Waals surface area contributed by atoms with Crippen LogP contribution in [0.5, 0.6) is 5.75 Å². The molecule has 0 spiro atoms. The highest BCUT2D eigenvalue weighted by molar-refractivity contribution is 8.26. The third-order valence-corrected chi connectivity index (χ3v) is 4.00. The van der Waals surface area contributed by atoms with Crippen molar-refractivity contribution in [2.45, 2.75) is 0 Å². The van der Waals surface area contributed by atoms with E-state index in [1.165, 1.54) is 29.2 Å². The van der Waals surface area contributed by atoms with Gasteiger partial charge in [0.15, 0.2) is 0 Å². The minimum Gasteiger partial charge on any atom is -0.502 e. The lowest BCUT2D eigenvalue weighted by atomic mass is 10.1. The number of likely N-dealkylation sites (N-methyl/N-ethyl adjacent to an activating group) is 1. The molecule has 0 saturated carbocycles. The predicted molar refractivity (Wildman–Crippen MR) is 75.7 cm³/mol. The number of hydrogen-bond donors (Lipinski definition) is 1. The number of nitrogens with zero attached hydrogens (tertiary/aromatic N) is 2. The first-order valence-corrected chi connectivity index (χ1v) is 6.32. The number of hydrogen-bond acceptors (Lipinski definition) is 6. The van der Waals surface area contributed by atoms with Gasteiger partial charge in [-0.25, -0.2) is 0 Å². The molecule has 2 rings (SSSR count). The van der Waals surface area contributed by atoms with E-state index in [0.717, 1.165) is 11.8 Å². The number of aromatic hydroxyl groups is 1. The summed E-state index contributed by atoms with van der Waals surface area (Å²) in [5.74, 6) is -0.755. The van der Waals surface area contributed by atoms with Gasteiger partial charge in [0.2, 0.25) is 5.75 Å². The second-order valence-corrected chi connectivity index (χ2v) is 5.39. The van der Waals surface area contributed by atoms with Gasteiger partial charge in [-0.15, -0.1) is 0 Å². The first kappa shape index (κ1) is 13.5. The van der Waals surface area contributed by atoms with E-state index >= 15 is 0 Å². The molecule has 6 nitrogen and oxygen atoms in total. The van der Waals surface area contributed by atoms with Crippen LogP contribution >= 0.6 is 24.0 Å². The molecule has 98 valence electrons. The van der Waals surface area contributed by atoms with Gasteiger partial charge >= 0.3 is 5.69 Å². The van der Waals surface area contributed by atoms with Crippen LogP contribution in [0.3, 0.4) is 0 Å². The summed E-state index contributed by atoms with van der Waals surface area (Å²) in [4.78, 5) is 23.4. The third-order valence-electron chi connectivity index (χ3n) is 2.52. The van der Waals surface area contributed by atoms with E-state index < -0.39 is 16.4 Å². The quantitative estimate of drug-likeness (QED) is 0.389. The molecule has 0 aliphatic carbocycles. The van der Waals surface area contributed by atoms with Gasteiger partial charge in [0.25, 0.3) is 5.91 Å². The van der Waals surface area contributed by atoms with Crippen LogP contribution in [0.2, 0.25) is 0 Å². The molecule has 1 amide bonds. The first-order valence-electron chi connectivity index (χ1n) is 5.09. The number of benzene rings is 1. The van der Waals surface area contributed by atoms with Gasteiger partial charge in [-0.3, -0.25) is 19.8 Å². The minimum absolute atomic E-state index is 0.211. The zero-order valence-electron chi connectivity index (χ0n) is 9.69. The van der Waals surface area contributed by atoms with E-state index in [9.17, 15) is 20.0 Å². The molecule has 1 aromatic rings. The van der Waals surface area contributed by atoms with Crippen molar-refractivity contribution in [1.29, 1.82) is 0 Å². The fourth-order valence-electron chi connectivity index (χ4n) is 1.50. The Kier molecular flexibility index (Phi) is 3.54. The molecule has 0 bridgehead atoms.